The Balaban J connectivity index is 1.58. The van der Waals surface area contributed by atoms with Gasteiger partial charge in [0.15, 0.2) is 0 Å². The number of halogens is 3. The van der Waals surface area contributed by atoms with Gasteiger partial charge in [-0.2, -0.15) is 22.6 Å². The zero-order chi connectivity index (χ0) is 22.8. The molecule has 1 fully saturated rings. The molecule has 31 heavy (non-hydrogen) atoms. The number of aryl methyl sites for hydroxylation is 1. The molecule has 1 aromatic carbocycles. The molecule has 0 spiro atoms. The largest absolute Gasteiger partial charge is 0.416 e. The molecule has 2 heterocycles. The molecule has 2 aromatic rings. The molecule has 1 aromatic heterocycles. The van der Waals surface area contributed by atoms with E-state index in [2.05, 4.69) is 5.10 Å². The lowest BCUT2D eigenvalue weighted by molar-refractivity contribution is -0.385. The normalized spacial score (nSPS) is 15.8. The van der Waals surface area contributed by atoms with Crippen LogP contribution in [-0.2, 0) is 27.5 Å². The second-order valence-electron chi connectivity index (χ2n) is 6.78. The van der Waals surface area contributed by atoms with Crippen molar-refractivity contribution in [3.8, 4) is 0 Å². The van der Waals surface area contributed by atoms with E-state index in [0.29, 0.717) is 6.07 Å². The van der Waals surface area contributed by atoms with Crippen LogP contribution in [0.25, 0.3) is 0 Å². The quantitative estimate of drug-likeness (QED) is 0.478. The SMILES string of the molecule is O=C(CCn1cc([N+](=O)[O-])cn1)N1CCN(S(=O)(=O)c2cccc(C(F)(F)F)c2)CC1. The van der Waals surface area contributed by atoms with E-state index >= 15 is 0 Å². The fourth-order valence-corrected chi connectivity index (χ4v) is 4.57. The Morgan fingerprint density at radius 1 is 1.19 bits per heavy atom. The maximum atomic E-state index is 12.9. The van der Waals surface area contributed by atoms with Crippen LogP contribution in [0.1, 0.15) is 12.0 Å². The molecule has 0 radical (unpaired) electrons. The summed E-state index contributed by atoms with van der Waals surface area (Å²) in [6, 6.07) is 3.53. The van der Waals surface area contributed by atoms with Gasteiger partial charge in [0.1, 0.15) is 12.4 Å². The van der Waals surface area contributed by atoms with E-state index < -0.39 is 31.6 Å². The summed E-state index contributed by atoms with van der Waals surface area (Å²) in [6.07, 6.45) is -2.38. The predicted molar refractivity (Wildman–Crippen MR) is 100 cm³/mol. The van der Waals surface area contributed by atoms with E-state index in [1.807, 2.05) is 0 Å². The smallest absolute Gasteiger partial charge is 0.340 e. The number of nitrogens with zero attached hydrogens (tertiary/aromatic N) is 5. The minimum atomic E-state index is -4.66. The average molecular weight is 461 g/mol. The number of sulfonamides is 1. The van der Waals surface area contributed by atoms with Crippen LogP contribution in [-0.4, -0.2) is 64.4 Å². The average Bonchev–Trinajstić information content (AvgIpc) is 3.21. The molecule has 0 unspecified atom stereocenters. The Hall–Kier alpha value is -3.00. The molecule has 14 heteroatoms. The van der Waals surface area contributed by atoms with Gasteiger partial charge in [-0.1, -0.05) is 6.07 Å². The van der Waals surface area contributed by atoms with Crippen LogP contribution in [0, 0.1) is 10.1 Å². The second-order valence-corrected chi connectivity index (χ2v) is 8.72. The van der Waals surface area contributed by atoms with Crippen molar-refractivity contribution in [2.75, 3.05) is 26.2 Å². The van der Waals surface area contributed by atoms with Gasteiger partial charge in [0.05, 0.1) is 15.4 Å². The van der Waals surface area contributed by atoms with Gasteiger partial charge < -0.3 is 4.90 Å². The van der Waals surface area contributed by atoms with E-state index in [9.17, 15) is 36.5 Å². The monoisotopic (exact) mass is 461 g/mol. The van der Waals surface area contributed by atoms with Crippen molar-refractivity contribution in [2.45, 2.75) is 24.0 Å². The topological polar surface area (TPSA) is 119 Å². The summed E-state index contributed by atoms with van der Waals surface area (Å²) in [4.78, 5) is 23.4. The molecular weight excluding hydrogens is 443 g/mol. The third kappa shape index (κ3) is 5.19. The number of rotatable bonds is 6. The molecule has 3 rings (SSSR count). The fraction of sp³-hybridized carbons (Fsp3) is 0.412. The van der Waals surface area contributed by atoms with Gasteiger partial charge in [-0.25, -0.2) is 8.42 Å². The standard InChI is InChI=1S/C17H18F3N5O5S/c18-17(19,20)13-2-1-3-15(10-13)31(29,30)24-8-6-22(7-9-24)16(26)4-5-23-12-14(11-21-23)25(27)28/h1-3,10-12H,4-9H2. The van der Waals surface area contributed by atoms with Gasteiger partial charge in [-0.15, -0.1) is 0 Å². The highest BCUT2D eigenvalue weighted by atomic mass is 32.2. The molecule has 168 valence electrons. The van der Waals surface area contributed by atoms with Crippen molar-refractivity contribution in [1.82, 2.24) is 19.0 Å². The highest BCUT2D eigenvalue weighted by molar-refractivity contribution is 7.89. The minimum absolute atomic E-state index is 0.0131. The first-order valence-electron chi connectivity index (χ1n) is 9.10. The Morgan fingerprint density at radius 2 is 1.87 bits per heavy atom. The van der Waals surface area contributed by atoms with Crippen molar-refractivity contribution in [3.05, 3.63) is 52.3 Å². The van der Waals surface area contributed by atoms with E-state index in [1.54, 1.807) is 0 Å². The van der Waals surface area contributed by atoms with E-state index in [1.165, 1.54) is 15.8 Å². The summed E-state index contributed by atoms with van der Waals surface area (Å²) in [6.45, 7) is 0.164. The van der Waals surface area contributed by atoms with Crippen LogP contribution >= 0.6 is 0 Å². The number of aromatic nitrogens is 2. The van der Waals surface area contributed by atoms with Gasteiger partial charge in [-0.3, -0.25) is 19.6 Å². The summed E-state index contributed by atoms with van der Waals surface area (Å²) < 4.78 is 66.4. The fourth-order valence-electron chi connectivity index (χ4n) is 3.10. The van der Waals surface area contributed by atoms with Crippen LogP contribution < -0.4 is 0 Å². The molecule has 0 bridgehead atoms. The third-order valence-corrected chi connectivity index (χ3v) is 6.67. The van der Waals surface area contributed by atoms with Crippen molar-refractivity contribution >= 4 is 21.6 Å². The van der Waals surface area contributed by atoms with Gasteiger partial charge in [0, 0.05) is 39.1 Å². The molecule has 0 atom stereocenters. The lowest BCUT2D eigenvalue weighted by atomic mass is 10.2. The highest BCUT2D eigenvalue weighted by Gasteiger charge is 2.34. The van der Waals surface area contributed by atoms with E-state index in [0.717, 1.165) is 28.7 Å². The first kappa shape index (κ1) is 22.7. The Labute approximate surface area is 175 Å². The lowest BCUT2D eigenvalue weighted by Crippen LogP contribution is -2.50. The first-order valence-corrected chi connectivity index (χ1v) is 10.5. The van der Waals surface area contributed by atoms with Gasteiger partial charge in [-0.05, 0) is 18.2 Å². The maximum absolute atomic E-state index is 12.9. The molecular formula is C17H18F3N5O5S. The Bertz CT molecular complexity index is 1080. The Morgan fingerprint density at radius 3 is 2.45 bits per heavy atom. The number of benzene rings is 1. The van der Waals surface area contributed by atoms with Crippen molar-refractivity contribution < 1.29 is 31.3 Å². The van der Waals surface area contributed by atoms with E-state index in [-0.39, 0.29) is 50.7 Å². The molecule has 0 aliphatic carbocycles. The number of hydrogen-bond acceptors (Lipinski definition) is 6. The summed E-state index contributed by atoms with van der Waals surface area (Å²) in [5.74, 6) is -0.283. The molecule has 10 nitrogen and oxygen atoms in total. The van der Waals surface area contributed by atoms with Crippen molar-refractivity contribution in [1.29, 1.82) is 0 Å². The predicted octanol–water partition coefficient (Wildman–Crippen LogP) is 1.73. The first-order chi connectivity index (χ1) is 14.5. The molecule has 1 aliphatic rings. The minimum Gasteiger partial charge on any atom is -0.340 e. The second kappa shape index (κ2) is 8.63. The Kier molecular flexibility index (Phi) is 6.31. The summed E-state index contributed by atoms with van der Waals surface area (Å²) >= 11 is 0. The molecule has 0 saturated carbocycles. The zero-order valence-electron chi connectivity index (χ0n) is 16.0. The van der Waals surface area contributed by atoms with Gasteiger partial charge >= 0.3 is 11.9 Å². The number of hydrogen-bond donors (Lipinski definition) is 0. The van der Waals surface area contributed by atoms with E-state index in [4.69, 9.17) is 0 Å². The van der Waals surface area contributed by atoms with Crippen LogP contribution in [0.4, 0.5) is 18.9 Å². The number of alkyl halides is 3. The third-order valence-electron chi connectivity index (χ3n) is 4.78. The number of piperazine rings is 1. The molecule has 1 saturated heterocycles. The van der Waals surface area contributed by atoms with Crippen LogP contribution in [0.3, 0.4) is 0 Å². The number of amides is 1. The number of carbonyl (C=O) groups excluding carboxylic acids is 1. The molecule has 1 aliphatic heterocycles. The maximum Gasteiger partial charge on any atom is 0.416 e. The summed E-state index contributed by atoms with van der Waals surface area (Å²) in [5.41, 5.74) is -1.25. The van der Waals surface area contributed by atoms with Crippen molar-refractivity contribution in [3.63, 3.8) is 0 Å². The van der Waals surface area contributed by atoms with Crippen LogP contribution in [0.5, 0.6) is 0 Å². The summed E-state index contributed by atoms with van der Waals surface area (Å²) in [5, 5.41) is 14.4. The molecule has 1 amide bonds. The van der Waals surface area contributed by atoms with Crippen molar-refractivity contribution in [2.24, 2.45) is 0 Å². The van der Waals surface area contributed by atoms with Crippen LogP contribution in [0.15, 0.2) is 41.6 Å². The number of nitro groups is 1. The highest BCUT2D eigenvalue weighted by Crippen LogP contribution is 2.31. The zero-order valence-corrected chi connectivity index (χ0v) is 16.8. The van der Waals surface area contributed by atoms with Crippen LogP contribution in [0.2, 0.25) is 0 Å². The number of carbonyl (C=O) groups is 1. The summed E-state index contributed by atoms with van der Waals surface area (Å²) in [7, 11) is -4.14. The lowest BCUT2D eigenvalue weighted by Gasteiger charge is -2.34. The van der Waals surface area contributed by atoms with Gasteiger partial charge in [0.25, 0.3) is 0 Å². The molecule has 0 N–H and O–H groups in total. The van der Waals surface area contributed by atoms with Gasteiger partial charge in [0.2, 0.25) is 15.9 Å².